The lowest BCUT2D eigenvalue weighted by Crippen LogP contribution is -2.23. The van der Waals surface area contributed by atoms with E-state index in [0.717, 1.165) is 21.8 Å². The Kier molecular flexibility index (Phi) is 5.20. The van der Waals surface area contributed by atoms with Gasteiger partial charge in [0.05, 0.1) is 23.4 Å². The summed E-state index contributed by atoms with van der Waals surface area (Å²) in [5, 5.41) is 22.4. The summed E-state index contributed by atoms with van der Waals surface area (Å²) in [5.41, 5.74) is -0.565. The maximum Gasteiger partial charge on any atom is 0.287 e. The predicted molar refractivity (Wildman–Crippen MR) is 83.3 cm³/mol. The first-order valence-corrected chi connectivity index (χ1v) is 7.69. The van der Waals surface area contributed by atoms with E-state index < -0.39 is 10.5 Å². The summed E-state index contributed by atoms with van der Waals surface area (Å²) < 4.78 is 6.58. The number of thiazole rings is 1. The van der Waals surface area contributed by atoms with Crippen LogP contribution in [-0.4, -0.2) is 21.1 Å². The van der Waals surface area contributed by atoms with Crippen molar-refractivity contribution >= 4 is 17.0 Å². The third kappa shape index (κ3) is 3.80. The van der Waals surface area contributed by atoms with E-state index in [0.29, 0.717) is 12.3 Å². The van der Waals surface area contributed by atoms with Crippen molar-refractivity contribution < 1.29 is 9.66 Å². The lowest BCUT2D eigenvalue weighted by Gasteiger charge is -2.07. The molecule has 0 saturated heterocycles. The fourth-order valence-electron chi connectivity index (χ4n) is 2.00. The molecule has 0 aliphatic rings. The zero-order valence-electron chi connectivity index (χ0n) is 12.6. The van der Waals surface area contributed by atoms with Gasteiger partial charge in [0, 0.05) is 18.1 Å². The summed E-state index contributed by atoms with van der Waals surface area (Å²) in [5.74, 6) is 0. The van der Waals surface area contributed by atoms with Crippen molar-refractivity contribution in [3.8, 4) is 6.07 Å². The van der Waals surface area contributed by atoms with Crippen molar-refractivity contribution in [2.75, 3.05) is 6.61 Å². The van der Waals surface area contributed by atoms with Gasteiger partial charge >= 0.3 is 0 Å². The van der Waals surface area contributed by atoms with Crippen LogP contribution in [0.5, 0.6) is 0 Å². The van der Waals surface area contributed by atoms with Crippen molar-refractivity contribution in [1.82, 2.24) is 9.55 Å². The van der Waals surface area contributed by atoms with Crippen LogP contribution in [0.1, 0.15) is 36.2 Å². The van der Waals surface area contributed by atoms with Gasteiger partial charge in [0.1, 0.15) is 22.7 Å². The summed E-state index contributed by atoms with van der Waals surface area (Å²) >= 11 is 1.39. The molecule has 0 unspecified atom stereocenters. The first kappa shape index (κ1) is 16.8. The third-order valence-electron chi connectivity index (χ3n) is 3.07. The molecule has 0 aromatic carbocycles. The monoisotopic (exact) mass is 334 g/mol. The Morgan fingerprint density at radius 1 is 1.61 bits per heavy atom. The van der Waals surface area contributed by atoms with Crippen molar-refractivity contribution in [2.45, 2.75) is 26.5 Å². The predicted octanol–water partition coefficient (Wildman–Crippen LogP) is 2.23. The zero-order valence-corrected chi connectivity index (χ0v) is 13.4. The maximum atomic E-state index is 12.1. The van der Waals surface area contributed by atoms with Crippen LogP contribution in [0.2, 0.25) is 0 Å². The average molecular weight is 334 g/mol. The second kappa shape index (κ2) is 7.13. The first-order chi connectivity index (χ1) is 11.0. The van der Waals surface area contributed by atoms with Crippen LogP contribution in [-0.2, 0) is 11.3 Å². The Labute approximate surface area is 135 Å². The molecule has 2 rings (SSSR count). The molecule has 2 heterocycles. The number of ether oxygens (including phenoxy) is 1. The summed E-state index contributed by atoms with van der Waals surface area (Å²) in [6, 6.07) is 2.66. The van der Waals surface area contributed by atoms with Gasteiger partial charge in [0.2, 0.25) is 0 Å². The minimum Gasteiger partial charge on any atom is -0.372 e. The van der Waals surface area contributed by atoms with Crippen molar-refractivity contribution in [3.63, 3.8) is 0 Å². The molecule has 0 spiro atoms. The number of pyridine rings is 1. The van der Waals surface area contributed by atoms with E-state index in [9.17, 15) is 14.9 Å². The number of rotatable bonds is 6. The normalized spacial score (nSPS) is 11.9. The molecule has 23 heavy (non-hydrogen) atoms. The van der Waals surface area contributed by atoms with Crippen molar-refractivity contribution in [1.29, 1.82) is 5.26 Å². The average Bonchev–Trinajstić information content (AvgIpc) is 2.98. The maximum absolute atomic E-state index is 12.1. The van der Waals surface area contributed by atoms with Gasteiger partial charge < -0.3 is 9.30 Å². The van der Waals surface area contributed by atoms with E-state index in [-0.39, 0.29) is 23.9 Å². The topological polar surface area (TPSA) is 111 Å². The number of nitrogens with zero attached hydrogens (tertiary/aromatic N) is 4. The lowest BCUT2D eigenvalue weighted by atomic mass is 10.2. The molecule has 0 aliphatic carbocycles. The summed E-state index contributed by atoms with van der Waals surface area (Å²) in [7, 11) is 0. The van der Waals surface area contributed by atoms with Gasteiger partial charge in [-0.25, -0.2) is 4.98 Å². The van der Waals surface area contributed by atoms with Crippen LogP contribution < -0.4 is 5.56 Å². The third-order valence-corrected chi connectivity index (χ3v) is 4.12. The van der Waals surface area contributed by atoms with E-state index >= 15 is 0 Å². The van der Waals surface area contributed by atoms with Gasteiger partial charge in [0.15, 0.2) is 0 Å². The molecule has 0 saturated carbocycles. The van der Waals surface area contributed by atoms with Crippen molar-refractivity contribution in [2.24, 2.45) is 0 Å². The molecule has 0 aliphatic heterocycles. The van der Waals surface area contributed by atoms with Crippen molar-refractivity contribution in [3.05, 3.63) is 54.4 Å². The van der Waals surface area contributed by atoms with Crippen LogP contribution in [0.15, 0.2) is 22.4 Å². The minimum atomic E-state index is -0.638. The van der Waals surface area contributed by atoms with Crippen LogP contribution in [0.4, 0.5) is 5.69 Å². The lowest BCUT2D eigenvalue weighted by molar-refractivity contribution is -0.385. The van der Waals surface area contributed by atoms with E-state index in [1.165, 1.54) is 11.3 Å². The van der Waals surface area contributed by atoms with E-state index in [1.54, 1.807) is 11.4 Å². The standard InChI is InChI=1S/C14H14N4O4S/c1-3-22-9(2)13-16-11(8-23-13)6-17-7-12(18(20)21)4-10(5-15)14(17)19/h4,7-9H,3,6H2,1-2H3/t9-/m0/s1. The number of nitriles is 1. The number of hydrogen-bond donors (Lipinski definition) is 0. The number of nitro groups is 1. The molecule has 120 valence electrons. The smallest absolute Gasteiger partial charge is 0.287 e. The van der Waals surface area contributed by atoms with Crippen LogP contribution in [0, 0.1) is 21.4 Å². The van der Waals surface area contributed by atoms with Gasteiger partial charge in [0.25, 0.3) is 11.2 Å². The molecule has 1 atom stereocenters. The second-order valence-corrected chi connectivity index (χ2v) is 5.58. The van der Waals surface area contributed by atoms with Crippen LogP contribution in [0.3, 0.4) is 0 Å². The Morgan fingerprint density at radius 3 is 2.96 bits per heavy atom. The Morgan fingerprint density at radius 2 is 2.35 bits per heavy atom. The Balaban J connectivity index is 2.33. The molecule has 8 nitrogen and oxygen atoms in total. The molecule has 0 amide bonds. The second-order valence-electron chi connectivity index (χ2n) is 4.69. The van der Waals surface area contributed by atoms with Crippen LogP contribution >= 0.6 is 11.3 Å². The first-order valence-electron chi connectivity index (χ1n) is 6.81. The fourth-order valence-corrected chi connectivity index (χ4v) is 2.81. The molecule has 0 N–H and O–H groups in total. The van der Waals surface area contributed by atoms with Gasteiger partial charge in [-0.15, -0.1) is 11.3 Å². The highest BCUT2D eigenvalue weighted by atomic mass is 32.1. The van der Waals surface area contributed by atoms with Gasteiger partial charge in [-0.2, -0.15) is 5.26 Å². The molecular weight excluding hydrogens is 320 g/mol. The quantitative estimate of drug-likeness (QED) is 0.591. The molecule has 0 bridgehead atoms. The van der Waals surface area contributed by atoms with Gasteiger partial charge in [-0.1, -0.05) is 0 Å². The van der Waals surface area contributed by atoms with E-state index in [4.69, 9.17) is 10.00 Å². The fraction of sp³-hybridized carbons (Fsp3) is 0.357. The molecule has 0 radical (unpaired) electrons. The van der Waals surface area contributed by atoms with Gasteiger partial charge in [-0.3, -0.25) is 14.9 Å². The Hall–Kier alpha value is -2.57. The molecule has 2 aromatic rings. The SMILES string of the molecule is CCO[C@@H](C)c1nc(Cn2cc([N+](=O)[O-])cc(C#N)c2=O)cs1. The Bertz CT molecular complexity index is 821. The summed E-state index contributed by atoms with van der Waals surface area (Å²) in [4.78, 5) is 26.7. The highest BCUT2D eigenvalue weighted by molar-refractivity contribution is 7.09. The van der Waals surface area contributed by atoms with Gasteiger partial charge in [-0.05, 0) is 13.8 Å². The van der Waals surface area contributed by atoms with E-state index in [2.05, 4.69) is 4.98 Å². The molecule has 9 heteroatoms. The van der Waals surface area contributed by atoms with Crippen LogP contribution in [0.25, 0.3) is 0 Å². The minimum absolute atomic E-state index is 0.0601. The highest BCUT2D eigenvalue weighted by Crippen LogP contribution is 2.21. The largest absolute Gasteiger partial charge is 0.372 e. The molecular formula is C14H14N4O4S. The zero-order chi connectivity index (χ0) is 17.0. The highest BCUT2D eigenvalue weighted by Gasteiger charge is 2.16. The molecule has 0 fully saturated rings. The number of hydrogen-bond acceptors (Lipinski definition) is 7. The van der Waals surface area contributed by atoms with E-state index in [1.807, 2.05) is 13.8 Å². The summed E-state index contributed by atoms with van der Waals surface area (Å²) in [6.07, 6.45) is 0.962. The summed E-state index contributed by atoms with van der Waals surface area (Å²) in [6.45, 7) is 4.38. The number of aromatic nitrogens is 2. The molecule has 2 aromatic heterocycles.